The van der Waals surface area contributed by atoms with Gasteiger partial charge in [-0.25, -0.2) is 4.79 Å². The fourth-order valence-corrected chi connectivity index (χ4v) is 12.1. The van der Waals surface area contributed by atoms with E-state index in [0.717, 1.165) is 27.6 Å². The number of piperazine rings is 1. The van der Waals surface area contributed by atoms with E-state index in [1.165, 1.54) is 18.7 Å². The van der Waals surface area contributed by atoms with Crippen LogP contribution in [-0.2, 0) is 32.0 Å². The second kappa shape index (κ2) is 12.2. The Kier molecular flexibility index (Phi) is 7.69. The first-order valence-electron chi connectivity index (χ1n) is 18.5. The van der Waals surface area contributed by atoms with Crippen molar-refractivity contribution in [3.05, 3.63) is 68.9 Å². The number of fused-ring (bicyclic) bond motifs is 13. The van der Waals surface area contributed by atoms with Crippen molar-refractivity contribution in [3.63, 3.8) is 0 Å². The van der Waals surface area contributed by atoms with Crippen molar-refractivity contribution in [1.82, 2.24) is 20.1 Å². The molecule has 4 bridgehead atoms. The van der Waals surface area contributed by atoms with Gasteiger partial charge in [-0.1, -0.05) is 6.07 Å². The minimum absolute atomic E-state index is 0.0388. The maximum absolute atomic E-state index is 15.0. The molecule has 3 aromatic carbocycles. The summed E-state index contributed by atoms with van der Waals surface area (Å²) in [5.74, 6) is 1.33. The van der Waals surface area contributed by atoms with E-state index < -0.39 is 46.4 Å². The molecule has 0 radical (unpaired) electrons. The number of aromatic nitrogens is 1. The number of hydrogen-bond acceptors (Lipinski definition) is 14. The standard InChI is InChI=1S/C40H42N4O10S/c1-16-11-19-12-24-38(47)44-25-14-51-39(48)40(37-21(9-10-41-40)22-13-20(49-5)7-8-23(22)42-37)55-36(30(44)29(43(24)4)26(19)31(46)32(16)50-6)28-27(25)35-34(52-15-53-35)17(2)33(28)54-18(3)45/h7-8,11,13,24-25,29-30,36,38,41-42,46-47H,9-10,12,14-15H2,1-6H3/t24-,25-,29+,30+,36+,38-,40-/m0/s1. The first-order valence-corrected chi connectivity index (χ1v) is 19.4. The van der Waals surface area contributed by atoms with Gasteiger partial charge in [0.25, 0.3) is 0 Å². The van der Waals surface area contributed by atoms with Crippen LogP contribution < -0.4 is 29.0 Å². The van der Waals surface area contributed by atoms with E-state index in [0.29, 0.717) is 76.1 Å². The summed E-state index contributed by atoms with van der Waals surface area (Å²) < 4.78 is 36.2. The molecule has 1 saturated heterocycles. The highest BCUT2D eigenvalue weighted by molar-refractivity contribution is 8.01. The number of aliphatic hydroxyl groups excluding tert-OH is 1. The minimum Gasteiger partial charge on any atom is -0.504 e. The van der Waals surface area contributed by atoms with Crippen LogP contribution in [0.15, 0.2) is 24.3 Å². The number of phenols is 1. The Labute approximate surface area is 320 Å². The number of phenolic OH excluding ortho intramolecular Hbond substituents is 1. The predicted octanol–water partition coefficient (Wildman–Crippen LogP) is 4.15. The summed E-state index contributed by atoms with van der Waals surface area (Å²) in [4.78, 5) is 34.3. The predicted molar refractivity (Wildman–Crippen MR) is 200 cm³/mol. The molecule has 0 unspecified atom stereocenters. The lowest BCUT2D eigenvalue weighted by Crippen LogP contribution is -2.69. The number of carbonyl (C=O) groups is 2. The number of carbonyl (C=O) groups excluding carboxylic acids is 2. The number of aliphatic hydroxyl groups is 1. The summed E-state index contributed by atoms with van der Waals surface area (Å²) in [5.41, 5.74) is 6.74. The summed E-state index contributed by atoms with van der Waals surface area (Å²) in [7, 11) is 5.13. The highest BCUT2D eigenvalue weighted by atomic mass is 32.2. The largest absolute Gasteiger partial charge is 0.504 e. The molecular weight excluding hydrogens is 729 g/mol. The Balaban J connectivity index is 1.29. The molecule has 15 heteroatoms. The van der Waals surface area contributed by atoms with Crippen molar-refractivity contribution in [2.75, 3.05) is 41.2 Å². The lowest BCUT2D eigenvalue weighted by Gasteiger charge is -2.61. The molecule has 1 fully saturated rings. The summed E-state index contributed by atoms with van der Waals surface area (Å²) >= 11 is 1.35. The summed E-state index contributed by atoms with van der Waals surface area (Å²) in [6.07, 6.45) is 0.0602. The number of likely N-dealkylation sites (N-methyl/N-ethyl adjacent to an activating group) is 1. The highest BCUT2D eigenvalue weighted by Gasteiger charge is 2.63. The van der Waals surface area contributed by atoms with Gasteiger partial charge >= 0.3 is 11.9 Å². The van der Waals surface area contributed by atoms with Crippen LogP contribution in [0, 0.1) is 13.8 Å². The fourth-order valence-electron chi connectivity index (χ4n) is 10.3. The SMILES string of the molecule is COc1ccc2[nH]c3c(c2c1)CCN[C@]31S[C@@H]2c3c(OC(C)=O)c(C)c4c(c3[C@H](COC1=O)N1[C@@H]2[C@H]2c3c(cc(C)c(OC)c3O)C[C@@H]([C@@H]1O)N2C)OCO4. The number of nitrogens with zero attached hydrogens (tertiary/aromatic N) is 2. The zero-order chi connectivity index (χ0) is 38.2. The van der Waals surface area contributed by atoms with Gasteiger partial charge in [-0.15, -0.1) is 11.8 Å². The van der Waals surface area contributed by atoms with Gasteiger partial charge in [0.05, 0.1) is 43.3 Å². The van der Waals surface area contributed by atoms with Gasteiger partial charge in [-0.2, -0.15) is 0 Å². The third-order valence-electron chi connectivity index (χ3n) is 12.6. The topological polar surface area (TPSA) is 164 Å². The zero-order valence-corrected chi connectivity index (χ0v) is 32.1. The van der Waals surface area contributed by atoms with Crippen LogP contribution in [0.1, 0.15) is 68.9 Å². The maximum Gasteiger partial charge on any atom is 0.343 e. The monoisotopic (exact) mass is 770 g/mol. The summed E-state index contributed by atoms with van der Waals surface area (Å²) in [6.45, 7) is 5.35. The number of methoxy groups -OCH3 is 2. The summed E-state index contributed by atoms with van der Waals surface area (Å²) in [6, 6.07) is 5.57. The molecule has 10 rings (SSSR count). The Morgan fingerprint density at radius 1 is 1.05 bits per heavy atom. The number of ether oxygens (including phenoxy) is 6. The van der Waals surface area contributed by atoms with E-state index in [1.54, 1.807) is 14.2 Å². The number of rotatable bonds is 3. The molecule has 1 spiro atoms. The molecule has 0 saturated carbocycles. The number of nitrogens with one attached hydrogen (secondary N) is 2. The number of cyclic esters (lactones) is 1. The molecule has 6 aliphatic heterocycles. The number of hydrogen-bond donors (Lipinski definition) is 4. The Morgan fingerprint density at radius 2 is 1.85 bits per heavy atom. The average molecular weight is 771 g/mol. The van der Waals surface area contributed by atoms with E-state index in [9.17, 15) is 15.0 Å². The molecule has 7 atom stereocenters. The van der Waals surface area contributed by atoms with Gasteiger partial charge in [0, 0.05) is 52.7 Å². The minimum atomic E-state index is -1.48. The van der Waals surface area contributed by atoms with Gasteiger partial charge in [0.15, 0.2) is 23.0 Å². The maximum atomic E-state index is 15.0. The normalized spacial score (nSPS) is 29.0. The van der Waals surface area contributed by atoms with Crippen molar-refractivity contribution in [2.24, 2.45) is 0 Å². The van der Waals surface area contributed by atoms with Crippen LogP contribution in [0.25, 0.3) is 10.9 Å². The van der Waals surface area contributed by atoms with Gasteiger partial charge in [-0.3, -0.25) is 19.9 Å². The molecule has 55 heavy (non-hydrogen) atoms. The second-order valence-electron chi connectivity index (χ2n) is 15.2. The number of aromatic amines is 1. The van der Waals surface area contributed by atoms with E-state index in [2.05, 4.69) is 15.2 Å². The molecule has 6 aliphatic rings. The highest BCUT2D eigenvalue weighted by Crippen LogP contribution is 2.66. The first-order chi connectivity index (χ1) is 26.5. The number of benzene rings is 3. The number of thioether (sulfide) groups is 1. The van der Waals surface area contributed by atoms with Crippen LogP contribution in [0.5, 0.6) is 34.5 Å². The zero-order valence-electron chi connectivity index (χ0n) is 31.3. The van der Waals surface area contributed by atoms with E-state index in [4.69, 9.17) is 28.4 Å². The van der Waals surface area contributed by atoms with E-state index >= 15 is 4.79 Å². The van der Waals surface area contributed by atoms with E-state index in [1.807, 2.05) is 50.1 Å². The van der Waals surface area contributed by atoms with Crippen LogP contribution in [0.3, 0.4) is 0 Å². The van der Waals surface area contributed by atoms with Gasteiger partial charge in [0.2, 0.25) is 11.7 Å². The van der Waals surface area contributed by atoms with Crippen LogP contribution >= 0.6 is 11.8 Å². The molecule has 4 aromatic rings. The smallest absolute Gasteiger partial charge is 0.343 e. The molecule has 14 nitrogen and oxygen atoms in total. The van der Waals surface area contributed by atoms with Crippen molar-refractivity contribution in [2.45, 2.75) is 74.1 Å². The Bertz CT molecular complexity index is 2350. The Morgan fingerprint density at radius 3 is 2.62 bits per heavy atom. The second-order valence-corrected chi connectivity index (χ2v) is 16.6. The van der Waals surface area contributed by atoms with Crippen molar-refractivity contribution >= 4 is 34.6 Å². The molecule has 0 amide bonds. The van der Waals surface area contributed by atoms with Crippen molar-refractivity contribution in [1.29, 1.82) is 0 Å². The quantitative estimate of drug-likeness (QED) is 0.174. The van der Waals surface area contributed by atoms with Crippen LogP contribution in [0.2, 0.25) is 0 Å². The third kappa shape index (κ3) is 4.58. The third-order valence-corrected chi connectivity index (χ3v) is 14.2. The number of aromatic hydroxyl groups is 1. The fraction of sp³-hybridized carbons (Fsp3) is 0.450. The summed E-state index contributed by atoms with van der Waals surface area (Å²) in [5, 5.41) is 28.6. The number of aryl methyl sites for hydroxylation is 1. The van der Waals surface area contributed by atoms with Gasteiger partial charge < -0.3 is 43.6 Å². The van der Waals surface area contributed by atoms with E-state index in [-0.39, 0.29) is 25.2 Å². The lowest BCUT2D eigenvalue weighted by atomic mass is 9.73. The number of esters is 2. The molecule has 1 aromatic heterocycles. The first kappa shape index (κ1) is 34.8. The molecule has 4 N–H and O–H groups in total. The average Bonchev–Trinajstić information content (AvgIpc) is 3.82. The Hall–Kier alpha value is -4.67. The lowest BCUT2D eigenvalue weighted by molar-refractivity contribution is -0.183. The molecule has 0 aliphatic carbocycles. The molecular formula is C40H42N4O10S. The molecule has 7 heterocycles. The molecule has 288 valence electrons. The van der Waals surface area contributed by atoms with Gasteiger partial charge in [-0.05, 0) is 68.6 Å². The van der Waals surface area contributed by atoms with Crippen molar-refractivity contribution < 1.29 is 48.2 Å². The van der Waals surface area contributed by atoms with Crippen LogP contribution in [-0.4, -0.2) is 96.5 Å². The van der Waals surface area contributed by atoms with Crippen LogP contribution in [0.4, 0.5) is 0 Å². The van der Waals surface area contributed by atoms with Gasteiger partial charge in [0.1, 0.15) is 24.3 Å². The number of H-pyrrole nitrogens is 1. The van der Waals surface area contributed by atoms with Crippen molar-refractivity contribution in [3.8, 4) is 34.5 Å².